The minimum absolute atomic E-state index is 0.0832. The van der Waals surface area contributed by atoms with Crippen LogP contribution in [0.5, 0.6) is 0 Å². The van der Waals surface area contributed by atoms with Crippen LogP contribution in [0.25, 0.3) is 0 Å². The van der Waals surface area contributed by atoms with Crippen LogP contribution in [-0.4, -0.2) is 19.3 Å². The van der Waals surface area contributed by atoms with Gasteiger partial charge < -0.3 is 10.5 Å². The van der Waals surface area contributed by atoms with Crippen LogP contribution in [0.1, 0.15) is 39.5 Å². The van der Waals surface area contributed by atoms with E-state index < -0.39 is 0 Å². The highest BCUT2D eigenvalue weighted by atomic mass is 16.5. The van der Waals surface area contributed by atoms with Gasteiger partial charge in [0.1, 0.15) is 0 Å². The van der Waals surface area contributed by atoms with E-state index in [4.69, 9.17) is 10.5 Å². The first-order valence-corrected chi connectivity index (χ1v) is 5.37. The molecule has 0 aromatic heterocycles. The summed E-state index contributed by atoms with van der Waals surface area (Å²) in [6.45, 7) is 5.12. The lowest BCUT2D eigenvalue weighted by Gasteiger charge is -2.39. The summed E-state index contributed by atoms with van der Waals surface area (Å²) in [4.78, 5) is 0. The summed E-state index contributed by atoms with van der Waals surface area (Å²) in [5, 5.41) is 0. The predicted octanol–water partition coefficient (Wildman–Crippen LogP) is 2.18. The molecule has 1 aliphatic carbocycles. The molecule has 0 aromatic carbocycles. The molecule has 0 spiro atoms. The van der Waals surface area contributed by atoms with E-state index >= 15 is 0 Å². The van der Waals surface area contributed by atoms with E-state index in [9.17, 15) is 0 Å². The summed E-state index contributed by atoms with van der Waals surface area (Å²) < 4.78 is 5.54. The van der Waals surface area contributed by atoms with Gasteiger partial charge in [0.15, 0.2) is 0 Å². The molecule has 2 nitrogen and oxygen atoms in total. The fourth-order valence-electron chi connectivity index (χ4n) is 2.29. The largest absolute Gasteiger partial charge is 0.377 e. The second kappa shape index (κ2) is 4.43. The van der Waals surface area contributed by atoms with Crippen molar-refractivity contribution in [2.24, 2.45) is 17.6 Å². The lowest BCUT2D eigenvalue weighted by atomic mass is 9.74. The zero-order chi connectivity index (χ0) is 9.90. The molecule has 2 N–H and O–H groups in total. The molecule has 0 bridgehead atoms. The van der Waals surface area contributed by atoms with Gasteiger partial charge in [-0.25, -0.2) is 0 Å². The first-order valence-electron chi connectivity index (χ1n) is 5.37. The van der Waals surface area contributed by atoms with E-state index in [1.54, 1.807) is 7.11 Å². The number of hydrogen-bond donors (Lipinski definition) is 1. The molecule has 1 saturated carbocycles. The molecular formula is C11H23NO. The zero-order valence-electron chi connectivity index (χ0n) is 9.18. The second-order valence-electron chi connectivity index (χ2n) is 4.68. The number of ether oxygens (including phenoxy) is 1. The highest BCUT2D eigenvalue weighted by Gasteiger charge is 2.34. The van der Waals surface area contributed by atoms with E-state index in [0.29, 0.717) is 12.5 Å². The molecule has 0 aliphatic heterocycles. The minimum atomic E-state index is -0.0832. The Hall–Kier alpha value is -0.0800. The quantitative estimate of drug-likeness (QED) is 0.731. The number of nitrogens with two attached hydrogens (primary N) is 1. The van der Waals surface area contributed by atoms with Gasteiger partial charge in [0.25, 0.3) is 0 Å². The van der Waals surface area contributed by atoms with Crippen molar-refractivity contribution in [3.05, 3.63) is 0 Å². The van der Waals surface area contributed by atoms with Crippen molar-refractivity contribution < 1.29 is 4.74 Å². The van der Waals surface area contributed by atoms with Crippen LogP contribution in [0.4, 0.5) is 0 Å². The van der Waals surface area contributed by atoms with E-state index in [1.165, 1.54) is 25.7 Å². The molecule has 0 amide bonds. The van der Waals surface area contributed by atoms with Gasteiger partial charge in [0.2, 0.25) is 0 Å². The van der Waals surface area contributed by atoms with Crippen LogP contribution >= 0.6 is 0 Å². The van der Waals surface area contributed by atoms with E-state index in [-0.39, 0.29) is 5.60 Å². The zero-order valence-corrected chi connectivity index (χ0v) is 9.18. The van der Waals surface area contributed by atoms with Gasteiger partial charge in [0, 0.05) is 13.7 Å². The van der Waals surface area contributed by atoms with Gasteiger partial charge in [0.05, 0.1) is 5.60 Å². The average Bonchev–Trinajstić information content (AvgIpc) is 2.18. The molecule has 78 valence electrons. The topological polar surface area (TPSA) is 35.2 Å². The Bertz CT molecular complexity index is 146. The molecule has 1 unspecified atom stereocenters. The van der Waals surface area contributed by atoms with Gasteiger partial charge in [-0.2, -0.15) is 0 Å². The summed E-state index contributed by atoms with van der Waals surface area (Å²) >= 11 is 0. The van der Waals surface area contributed by atoms with Crippen molar-refractivity contribution >= 4 is 0 Å². The number of hydrogen-bond acceptors (Lipinski definition) is 2. The Morgan fingerprint density at radius 3 is 2.23 bits per heavy atom. The van der Waals surface area contributed by atoms with Gasteiger partial charge in [-0.1, -0.05) is 19.8 Å². The van der Waals surface area contributed by atoms with E-state index in [1.807, 2.05) is 0 Å². The van der Waals surface area contributed by atoms with Gasteiger partial charge in [-0.05, 0) is 31.6 Å². The Kier molecular flexibility index (Phi) is 3.74. The highest BCUT2D eigenvalue weighted by Crippen LogP contribution is 2.36. The predicted molar refractivity (Wildman–Crippen MR) is 55.6 cm³/mol. The standard InChI is InChI=1S/C11H23NO/c1-9-4-6-10(7-5-9)11(2,8-12)13-3/h9-10H,4-8,12H2,1-3H3. The lowest BCUT2D eigenvalue weighted by molar-refractivity contribution is -0.0511. The summed E-state index contributed by atoms with van der Waals surface area (Å²) in [7, 11) is 1.78. The summed E-state index contributed by atoms with van der Waals surface area (Å²) in [6.07, 6.45) is 5.23. The molecule has 2 heteroatoms. The Balaban J connectivity index is 2.51. The van der Waals surface area contributed by atoms with Crippen LogP contribution < -0.4 is 5.73 Å². The summed E-state index contributed by atoms with van der Waals surface area (Å²) in [5.41, 5.74) is 5.67. The molecule has 0 saturated heterocycles. The molecule has 1 rings (SSSR count). The number of rotatable bonds is 3. The first kappa shape index (κ1) is 11.0. The molecular weight excluding hydrogens is 162 g/mol. The lowest BCUT2D eigenvalue weighted by Crippen LogP contribution is -2.45. The van der Waals surface area contributed by atoms with E-state index in [2.05, 4.69) is 13.8 Å². The maximum absolute atomic E-state index is 5.76. The monoisotopic (exact) mass is 185 g/mol. The molecule has 0 radical (unpaired) electrons. The third kappa shape index (κ3) is 2.44. The van der Waals surface area contributed by atoms with Crippen molar-refractivity contribution in [2.45, 2.75) is 45.1 Å². The second-order valence-corrected chi connectivity index (χ2v) is 4.68. The van der Waals surface area contributed by atoms with Crippen LogP contribution in [0.15, 0.2) is 0 Å². The smallest absolute Gasteiger partial charge is 0.0800 e. The maximum Gasteiger partial charge on any atom is 0.0800 e. The molecule has 1 aliphatic rings. The highest BCUT2D eigenvalue weighted by molar-refractivity contribution is 4.87. The fourth-order valence-corrected chi connectivity index (χ4v) is 2.29. The SMILES string of the molecule is COC(C)(CN)C1CCC(C)CC1. The van der Waals surface area contributed by atoms with Crippen LogP contribution in [-0.2, 0) is 4.74 Å². The summed E-state index contributed by atoms with van der Waals surface area (Å²) in [6, 6.07) is 0. The van der Waals surface area contributed by atoms with Crippen molar-refractivity contribution in [1.29, 1.82) is 0 Å². The molecule has 0 aromatic rings. The summed E-state index contributed by atoms with van der Waals surface area (Å²) in [5.74, 6) is 1.56. The molecule has 1 atom stereocenters. The van der Waals surface area contributed by atoms with Crippen molar-refractivity contribution in [1.82, 2.24) is 0 Å². The maximum atomic E-state index is 5.76. The molecule has 13 heavy (non-hydrogen) atoms. The van der Waals surface area contributed by atoms with Crippen molar-refractivity contribution in [2.75, 3.05) is 13.7 Å². The van der Waals surface area contributed by atoms with Gasteiger partial charge in [-0.15, -0.1) is 0 Å². The van der Waals surface area contributed by atoms with Crippen LogP contribution in [0, 0.1) is 11.8 Å². The Morgan fingerprint density at radius 1 is 1.31 bits per heavy atom. The number of methoxy groups -OCH3 is 1. The third-order valence-electron chi connectivity index (χ3n) is 3.75. The fraction of sp³-hybridized carbons (Fsp3) is 1.00. The van der Waals surface area contributed by atoms with Gasteiger partial charge in [-0.3, -0.25) is 0 Å². The normalized spacial score (nSPS) is 34.2. The van der Waals surface area contributed by atoms with E-state index in [0.717, 1.165) is 5.92 Å². The Morgan fingerprint density at radius 2 is 1.85 bits per heavy atom. The molecule has 0 heterocycles. The Labute approximate surface area is 81.8 Å². The van der Waals surface area contributed by atoms with Crippen molar-refractivity contribution in [3.8, 4) is 0 Å². The van der Waals surface area contributed by atoms with Crippen LogP contribution in [0.3, 0.4) is 0 Å². The minimum Gasteiger partial charge on any atom is -0.377 e. The van der Waals surface area contributed by atoms with Crippen LogP contribution in [0.2, 0.25) is 0 Å². The van der Waals surface area contributed by atoms with Gasteiger partial charge >= 0.3 is 0 Å². The van der Waals surface area contributed by atoms with Crippen molar-refractivity contribution in [3.63, 3.8) is 0 Å². The first-order chi connectivity index (χ1) is 6.12. The molecule has 1 fully saturated rings. The average molecular weight is 185 g/mol. The third-order valence-corrected chi connectivity index (χ3v) is 3.75.